The topological polar surface area (TPSA) is 6.48 Å². The fourth-order valence-electron chi connectivity index (χ4n) is 4.19. The summed E-state index contributed by atoms with van der Waals surface area (Å²) in [5, 5.41) is 0. The molecule has 0 aliphatic carbocycles. The van der Waals surface area contributed by atoms with Crippen molar-refractivity contribution >= 4 is 0 Å². The summed E-state index contributed by atoms with van der Waals surface area (Å²) in [4.78, 5) is 5.23. The van der Waals surface area contributed by atoms with Gasteiger partial charge in [0.2, 0.25) is 0 Å². The predicted molar refractivity (Wildman–Crippen MR) is 74.3 cm³/mol. The van der Waals surface area contributed by atoms with Crippen LogP contribution in [0.2, 0.25) is 0 Å². The smallest absolute Gasteiger partial charge is 0.0164 e. The Morgan fingerprint density at radius 2 is 1.53 bits per heavy atom. The highest BCUT2D eigenvalue weighted by atomic mass is 15.3. The van der Waals surface area contributed by atoms with Crippen molar-refractivity contribution in [3.05, 3.63) is 0 Å². The van der Waals surface area contributed by atoms with Crippen molar-refractivity contribution in [2.24, 2.45) is 5.41 Å². The van der Waals surface area contributed by atoms with Crippen LogP contribution in [0, 0.1) is 5.41 Å². The average molecular weight is 238 g/mol. The molecule has 2 heterocycles. The van der Waals surface area contributed by atoms with Gasteiger partial charge in [-0.15, -0.1) is 0 Å². The molecule has 2 nitrogen and oxygen atoms in total. The predicted octanol–water partition coefficient (Wildman–Crippen LogP) is 2.98. The van der Waals surface area contributed by atoms with Crippen LogP contribution in [-0.4, -0.2) is 47.6 Å². The van der Waals surface area contributed by atoms with E-state index in [9.17, 15) is 0 Å². The summed E-state index contributed by atoms with van der Waals surface area (Å²) in [7, 11) is 2.26. The first-order chi connectivity index (χ1) is 7.65. The van der Waals surface area contributed by atoms with Gasteiger partial charge >= 0.3 is 0 Å². The lowest BCUT2D eigenvalue weighted by molar-refractivity contribution is 0.0590. The molecule has 100 valence electrons. The number of hydrogen-bond acceptors (Lipinski definition) is 2. The molecule has 0 atom stereocenters. The van der Waals surface area contributed by atoms with Crippen molar-refractivity contribution in [1.82, 2.24) is 9.80 Å². The maximum absolute atomic E-state index is 2.74. The van der Waals surface area contributed by atoms with Crippen molar-refractivity contribution in [2.75, 3.05) is 26.7 Å². The fraction of sp³-hybridized carbons (Fsp3) is 1.00. The summed E-state index contributed by atoms with van der Waals surface area (Å²) >= 11 is 0. The second kappa shape index (κ2) is 3.96. The second-order valence-electron chi connectivity index (χ2n) is 8.05. The minimum absolute atomic E-state index is 0.302. The van der Waals surface area contributed by atoms with E-state index in [1.165, 1.54) is 38.9 Å². The van der Waals surface area contributed by atoms with Gasteiger partial charge in [0.25, 0.3) is 0 Å². The first kappa shape index (κ1) is 13.4. The molecule has 2 aliphatic heterocycles. The van der Waals surface area contributed by atoms with Crippen LogP contribution >= 0.6 is 0 Å². The number of rotatable bonds is 0. The van der Waals surface area contributed by atoms with Gasteiger partial charge in [0.15, 0.2) is 0 Å². The zero-order valence-electron chi connectivity index (χ0n) is 12.6. The van der Waals surface area contributed by atoms with E-state index in [4.69, 9.17) is 0 Å². The number of hydrogen-bond donors (Lipinski definition) is 0. The highest BCUT2D eigenvalue weighted by Crippen LogP contribution is 2.50. The van der Waals surface area contributed by atoms with Gasteiger partial charge in [-0.2, -0.15) is 0 Å². The van der Waals surface area contributed by atoms with E-state index in [0.717, 1.165) is 0 Å². The molecule has 2 heteroatoms. The maximum atomic E-state index is 2.74. The van der Waals surface area contributed by atoms with E-state index in [-0.39, 0.29) is 0 Å². The van der Waals surface area contributed by atoms with Crippen molar-refractivity contribution in [3.63, 3.8) is 0 Å². The van der Waals surface area contributed by atoms with Gasteiger partial charge < -0.3 is 4.90 Å². The lowest BCUT2D eigenvalue weighted by atomic mass is 9.74. The molecule has 2 aliphatic rings. The third-order valence-corrected chi connectivity index (χ3v) is 4.89. The first-order valence-electron chi connectivity index (χ1n) is 7.11. The maximum Gasteiger partial charge on any atom is 0.0164 e. The normalized spacial score (nSPS) is 30.0. The zero-order chi connectivity index (χ0) is 12.9. The Morgan fingerprint density at radius 1 is 1.00 bits per heavy atom. The van der Waals surface area contributed by atoms with E-state index in [1.54, 1.807) is 0 Å². The van der Waals surface area contributed by atoms with Gasteiger partial charge in [0.1, 0.15) is 0 Å². The van der Waals surface area contributed by atoms with Crippen LogP contribution in [0.25, 0.3) is 0 Å². The fourth-order valence-corrected chi connectivity index (χ4v) is 4.19. The lowest BCUT2D eigenvalue weighted by Crippen LogP contribution is -2.50. The molecule has 0 bridgehead atoms. The van der Waals surface area contributed by atoms with Gasteiger partial charge in [-0.25, -0.2) is 0 Å². The molecule has 0 unspecified atom stereocenters. The molecule has 2 rings (SSSR count). The summed E-state index contributed by atoms with van der Waals surface area (Å²) < 4.78 is 0. The molecule has 0 radical (unpaired) electrons. The zero-order valence-corrected chi connectivity index (χ0v) is 12.6. The highest BCUT2D eigenvalue weighted by Gasteiger charge is 2.51. The number of piperidine rings is 1. The lowest BCUT2D eigenvalue weighted by Gasteiger charge is -2.42. The monoisotopic (exact) mass is 238 g/mol. The summed E-state index contributed by atoms with van der Waals surface area (Å²) in [5.41, 5.74) is 1.27. The Kier molecular flexibility index (Phi) is 3.11. The Hall–Kier alpha value is -0.0800. The molecule has 0 saturated carbocycles. The van der Waals surface area contributed by atoms with Gasteiger partial charge in [0, 0.05) is 17.6 Å². The van der Waals surface area contributed by atoms with Crippen molar-refractivity contribution < 1.29 is 0 Å². The summed E-state index contributed by atoms with van der Waals surface area (Å²) in [6.07, 6.45) is 4.16. The minimum Gasteiger partial charge on any atom is -0.306 e. The van der Waals surface area contributed by atoms with E-state index in [0.29, 0.717) is 16.5 Å². The van der Waals surface area contributed by atoms with E-state index in [1.807, 2.05) is 0 Å². The third kappa shape index (κ3) is 2.53. The SMILES string of the molecule is CN1CCC2(CC1)CN(C(C)(C)C)C(C)(C)C2. The van der Waals surface area contributed by atoms with Crippen LogP contribution in [-0.2, 0) is 0 Å². The summed E-state index contributed by atoms with van der Waals surface area (Å²) in [5.74, 6) is 0. The molecule has 0 amide bonds. The Bertz CT molecular complexity index is 280. The van der Waals surface area contributed by atoms with Crippen LogP contribution in [0.1, 0.15) is 53.9 Å². The Balaban J connectivity index is 2.15. The molecular weight excluding hydrogens is 208 g/mol. The number of nitrogens with zero attached hydrogens (tertiary/aromatic N) is 2. The summed E-state index contributed by atoms with van der Waals surface area (Å²) in [6, 6.07) is 0. The van der Waals surface area contributed by atoms with Gasteiger partial charge in [-0.3, -0.25) is 4.90 Å². The van der Waals surface area contributed by atoms with Crippen molar-refractivity contribution in [1.29, 1.82) is 0 Å². The summed E-state index contributed by atoms with van der Waals surface area (Å²) in [6.45, 7) is 15.8. The standard InChI is InChI=1S/C15H30N2/c1-13(2,3)17-12-15(11-14(17,4)5)7-9-16(6)10-8-15/h7-12H2,1-6H3. The number of likely N-dealkylation sites (tertiary alicyclic amines) is 2. The van der Waals surface area contributed by atoms with Gasteiger partial charge in [0.05, 0.1) is 0 Å². The first-order valence-corrected chi connectivity index (χ1v) is 7.11. The van der Waals surface area contributed by atoms with Crippen LogP contribution in [0.3, 0.4) is 0 Å². The van der Waals surface area contributed by atoms with Crippen molar-refractivity contribution in [3.8, 4) is 0 Å². The molecule has 2 fully saturated rings. The van der Waals surface area contributed by atoms with Crippen LogP contribution < -0.4 is 0 Å². The Labute approximate surface area is 107 Å². The van der Waals surface area contributed by atoms with E-state index < -0.39 is 0 Å². The highest BCUT2D eigenvalue weighted by molar-refractivity contribution is 5.06. The van der Waals surface area contributed by atoms with Crippen LogP contribution in [0.4, 0.5) is 0 Å². The molecule has 1 spiro atoms. The molecule has 0 aromatic rings. The second-order valence-corrected chi connectivity index (χ2v) is 8.05. The van der Waals surface area contributed by atoms with Crippen LogP contribution in [0.5, 0.6) is 0 Å². The third-order valence-electron chi connectivity index (χ3n) is 4.89. The minimum atomic E-state index is 0.302. The molecule has 0 N–H and O–H groups in total. The largest absolute Gasteiger partial charge is 0.306 e. The average Bonchev–Trinajstić information content (AvgIpc) is 2.43. The molecule has 17 heavy (non-hydrogen) atoms. The van der Waals surface area contributed by atoms with Crippen LogP contribution in [0.15, 0.2) is 0 Å². The van der Waals surface area contributed by atoms with Crippen molar-refractivity contribution in [2.45, 2.75) is 65.0 Å². The molecule has 0 aromatic carbocycles. The Morgan fingerprint density at radius 3 is 1.94 bits per heavy atom. The molecular formula is C15H30N2. The van der Waals surface area contributed by atoms with Gasteiger partial charge in [-0.05, 0) is 79.4 Å². The van der Waals surface area contributed by atoms with E-state index in [2.05, 4.69) is 51.5 Å². The van der Waals surface area contributed by atoms with Gasteiger partial charge in [-0.1, -0.05) is 0 Å². The quantitative estimate of drug-likeness (QED) is 0.640. The molecule has 0 aromatic heterocycles. The van der Waals surface area contributed by atoms with E-state index >= 15 is 0 Å². The molecule has 2 saturated heterocycles.